The molecular formula is C20H18N6O4. The number of hydrogen-bond donors (Lipinski definition) is 1. The van der Waals surface area contributed by atoms with Crippen LogP contribution in [0.4, 0.5) is 11.5 Å². The molecule has 0 saturated heterocycles. The second-order valence-electron chi connectivity index (χ2n) is 6.34. The minimum atomic E-state index is -0.433. The summed E-state index contributed by atoms with van der Waals surface area (Å²) in [4.78, 5) is 19.3. The van der Waals surface area contributed by atoms with Gasteiger partial charge in [0.2, 0.25) is 0 Å². The molecule has 1 N–H and O–H groups in total. The molecule has 0 radical (unpaired) electrons. The molecule has 4 rings (SSSR count). The predicted molar refractivity (Wildman–Crippen MR) is 110 cm³/mol. The Labute approximate surface area is 171 Å². The fraction of sp³-hybridized carbons (Fsp3) is 0.150. The van der Waals surface area contributed by atoms with Gasteiger partial charge in [0.1, 0.15) is 6.33 Å². The Bertz CT molecular complexity index is 1220. The Balaban J connectivity index is 1.63. The molecule has 152 valence electrons. The van der Waals surface area contributed by atoms with Gasteiger partial charge in [-0.2, -0.15) is 5.10 Å². The van der Waals surface area contributed by atoms with E-state index in [9.17, 15) is 10.1 Å². The van der Waals surface area contributed by atoms with E-state index in [4.69, 9.17) is 9.47 Å². The first-order valence-electron chi connectivity index (χ1n) is 8.99. The summed E-state index contributed by atoms with van der Waals surface area (Å²) >= 11 is 0. The Hall–Kier alpha value is -4.21. The molecule has 10 nitrogen and oxygen atoms in total. The SMILES string of the molecule is COc1ccc(CNc2ncnn3c(-c4cccc([N+](=O)[O-])c4)cnc23)cc1OC. The first kappa shape index (κ1) is 19.1. The number of aromatic nitrogens is 4. The van der Waals surface area contributed by atoms with Crippen molar-refractivity contribution in [1.82, 2.24) is 19.6 Å². The highest BCUT2D eigenvalue weighted by Gasteiger charge is 2.14. The number of benzene rings is 2. The largest absolute Gasteiger partial charge is 0.493 e. The van der Waals surface area contributed by atoms with Gasteiger partial charge in [-0.25, -0.2) is 14.5 Å². The third-order valence-electron chi connectivity index (χ3n) is 4.56. The van der Waals surface area contributed by atoms with Crippen LogP contribution in [0.1, 0.15) is 5.56 Å². The molecule has 30 heavy (non-hydrogen) atoms. The van der Waals surface area contributed by atoms with Gasteiger partial charge in [-0.15, -0.1) is 0 Å². The highest BCUT2D eigenvalue weighted by atomic mass is 16.6. The number of fused-ring (bicyclic) bond motifs is 1. The zero-order valence-corrected chi connectivity index (χ0v) is 16.3. The summed E-state index contributed by atoms with van der Waals surface area (Å²) in [6, 6.07) is 12.0. The van der Waals surface area contributed by atoms with Gasteiger partial charge in [0, 0.05) is 24.2 Å². The molecule has 0 fully saturated rings. The van der Waals surface area contributed by atoms with Gasteiger partial charge < -0.3 is 14.8 Å². The van der Waals surface area contributed by atoms with E-state index in [0.29, 0.717) is 40.8 Å². The van der Waals surface area contributed by atoms with E-state index in [-0.39, 0.29) is 5.69 Å². The quantitative estimate of drug-likeness (QED) is 0.367. The fourth-order valence-electron chi connectivity index (χ4n) is 3.09. The van der Waals surface area contributed by atoms with E-state index in [1.54, 1.807) is 37.1 Å². The molecule has 2 aromatic heterocycles. The zero-order chi connectivity index (χ0) is 21.1. The molecule has 0 aliphatic heterocycles. The summed E-state index contributed by atoms with van der Waals surface area (Å²) in [5.41, 5.74) is 2.75. The van der Waals surface area contributed by atoms with E-state index in [1.807, 2.05) is 18.2 Å². The average molecular weight is 406 g/mol. The van der Waals surface area contributed by atoms with Crippen LogP contribution in [0.15, 0.2) is 55.0 Å². The number of anilines is 1. The Morgan fingerprint density at radius 3 is 2.70 bits per heavy atom. The average Bonchev–Trinajstić information content (AvgIpc) is 3.22. The lowest BCUT2D eigenvalue weighted by atomic mass is 10.1. The molecule has 2 aromatic carbocycles. The summed E-state index contributed by atoms with van der Waals surface area (Å²) < 4.78 is 12.2. The Morgan fingerprint density at radius 1 is 1.10 bits per heavy atom. The summed E-state index contributed by atoms with van der Waals surface area (Å²) in [5.74, 6) is 1.83. The van der Waals surface area contributed by atoms with Gasteiger partial charge in [-0.05, 0) is 17.7 Å². The topological polar surface area (TPSA) is 117 Å². The molecule has 2 heterocycles. The number of nitrogens with zero attached hydrogens (tertiary/aromatic N) is 5. The standard InChI is InChI=1S/C20H18N6O4/c1-29-17-7-6-13(8-18(17)30-2)10-21-19-20-22-11-16(25(20)24-12-23-19)14-4-3-5-15(9-14)26(27)28/h3-9,11-12H,10H2,1-2H3,(H,21,23,24). The maximum absolute atomic E-state index is 11.1. The zero-order valence-electron chi connectivity index (χ0n) is 16.3. The number of ether oxygens (including phenoxy) is 2. The Kier molecular flexibility index (Phi) is 5.12. The lowest BCUT2D eigenvalue weighted by Gasteiger charge is -2.11. The predicted octanol–water partition coefficient (Wildman–Crippen LogP) is 3.33. The molecule has 0 spiro atoms. The van der Waals surface area contributed by atoms with Gasteiger partial charge >= 0.3 is 0 Å². The van der Waals surface area contributed by atoms with E-state index in [1.165, 1.54) is 18.5 Å². The number of nitro groups is 1. The van der Waals surface area contributed by atoms with Gasteiger partial charge in [0.25, 0.3) is 5.69 Å². The van der Waals surface area contributed by atoms with Crippen molar-refractivity contribution in [2.24, 2.45) is 0 Å². The van der Waals surface area contributed by atoms with Crippen LogP contribution in [0.2, 0.25) is 0 Å². The van der Waals surface area contributed by atoms with E-state index in [2.05, 4.69) is 20.4 Å². The van der Waals surface area contributed by atoms with Crippen molar-refractivity contribution in [3.05, 3.63) is 70.7 Å². The van der Waals surface area contributed by atoms with Crippen molar-refractivity contribution in [3.63, 3.8) is 0 Å². The van der Waals surface area contributed by atoms with Crippen molar-refractivity contribution in [2.75, 3.05) is 19.5 Å². The first-order chi connectivity index (χ1) is 14.6. The molecule has 10 heteroatoms. The van der Waals surface area contributed by atoms with Crippen LogP contribution in [0.5, 0.6) is 11.5 Å². The van der Waals surface area contributed by atoms with Crippen LogP contribution in [-0.2, 0) is 6.54 Å². The number of rotatable bonds is 7. The van der Waals surface area contributed by atoms with Gasteiger partial charge in [-0.1, -0.05) is 18.2 Å². The molecule has 0 saturated carbocycles. The van der Waals surface area contributed by atoms with Crippen molar-refractivity contribution < 1.29 is 14.4 Å². The number of methoxy groups -OCH3 is 2. The highest BCUT2D eigenvalue weighted by molar-refractivity contribution is 5.70. The molecule has 0 unspecified atom stereocenters. The van der Waals surface area contributed by atoms with E-state index < -0.39 is 4.92 Å². The minimum Gasteiger partial charge on any atom is -0.493 e. The van der Waals surface area contributed by atoms with Gasteiger partial charge in [0.05, 0.1) is 31.0 Å². The van der Waals surface area contributed by atoms with Gasteiger partial charge in [-0.3, -0.25) is 10.1 Å². The van der Waals surface area contributed by atoms with Crippen molar-refractivity contribution in [2.45, 2.75) is 6.54 Å². The van der Waals surface area contributed by atoms with Crippen LogP contribution in [0, 0.1) is 10.1 Å². The minimum absolute atomic E-state index is 0.00306. The monoisotopic (exact) mass is 406 g/mol. The summed E-state index contributed by atoms with van der Waals surface area (Å²) in [6.07, 6.45) is 3.02. The Morgan fingerprint density at radius 2 is 1.93 bits per heavy atom. The van der Waals surface area contributed by atoms with Gasteiger partial charge in [0.15, 0.2) is 23.0 Å². The molecule has 0 aliphatic carbocycles. The number of nitrogens with one attached hydrogen (secondary N) is 1. The summed E-state index contributed by atoms with van der Waals surface area (Å²) in [6.45, 7) is 0.478. The number of non-ortho nitro benzene ring substituents is 1. The van der Waals surface area contributed by atoms with Crippen molar-refractivity contribution >= 4 is 17.2 Å². The summed E-state index contributed by atoms with van der Waals surface area (Å²) in [7, 11) is 3.17. The van der Waals surface area contributed by atoms with E-state index >= 15 is 0 Å². The maximum atomic E-state index is 11.1. The lowest BCUT2D eigenvalue weighted by molar-refractivity contribution is -0.384. The fourth-order valence-corrected chi connectivity index (χ4v) is 3.09. The van der Waals surface area contributed by atoms with Crippen molar-refractivity contribution in [3.8, 4) is 22.8 Å². The molecule has 0 aliphatic rings. The smallest absolute Gasteiger partial charge is 0.270 e. The molecule has 0 atom stereocenters. The van der Waals surface area contributed by atoms with Crippen LogP contribution < -0.4 is 14.8 Å². The molecule has 0 bridgehead atoms. The molecule has 4 aromatic rings. The lowest BCUT2D eigenvalue weighted by Crippen LogP contribution is -2.06. The summed E-state index contributed by atoms with van der Waals surface area (Å²) in [5, 5.41) is 18.6. The van der Waals surface area contributed by atoms with Crippen LogP contribution in [-0.4, -0.2) is 38.7 Å². The number of nitro benzene ring substituents is 1. The maximum Gasteiger partial charge on any atom is 0.270 e. The number of imidazole rings is 1. The van der Waals surface area contributed by atoms with E-state index in [0.717, 1.165) is 5.56 Å². The molecular weight excluding hydrogens is 388 g/mol. The second-order valence-corrected chi connectivity index (χ2v) is 6.34. The molecule has 0 amide bonds. The number of hydrogen-bond acceptors (Lipinski definition) is 8. The third-order valence-corrected chi connectivity index (χ3v) is 4.56. The first-order valence-corrected chi connectivity index (χ1v) is 8.99. The third kappa shape index (κ3) is 3.58. The normalized spacial score (nSPS) is 10.7. The second kappa shape index (κ2) is 8.03. The van der Waals surface area contributed by atoms with Crippen LogP contribution in [0.3, 0.4) is 0 Å². The van der Waals surface area contributed by atoms with Crippen LogP contribution in [0.25, 0.3) is 16.9 Å². The van der Waals surface area contributed by atoms with Crippen LogP contribution >= 0.6 is 0 Å². The van der Waals surface area contributed by atoms with Crippen molar-refractivity contribution in [1.29, 1.82) is 0 Å². The highest BCUT2D eigenvalue weighted by Crippen LogP contribution is 2.28.